The van der Waals surface area contributed by atoms with E-state index in [0.29, 0.717) is 0 Å². The summed E-state index contributed by atoms with van der Waals surface area (Å²) < 4.78 is 2.37. The van der Waals surface area contributed by atoms with E-state index in [1.54, 1.807) is 6.33 Å². The summed E-state index contributed by atoms with van der Waals surface area (Å²) in [7, 11) is 0. The van der Waals surface area contributed by atoms with E-state index in [1.807, 2.05) is 12.4 Å². The van der Waals surface area contributed by atoms with E-state index >= 15 is 0 Å². The molecule has 0 fully saturated rings. The number of hydrogen-bond donors (Lipinski definition) is 0. The standard InChI is InChI=1S/C38H23N3/c1-3-10-35-29(8-1)30-9-2-4-11-36(30)41(35)28-16-12-24(13-17-28)33-20-34(27-21-39-23-40-22-27)32-19-15-26-7-5-6-25-14-18-31(33)38(32)37(25)26/h1-23H. The molecule has 0 aliphatic carbocycles. The van der Waals surface area contributed by atoms with Crippen molar-refractivity contribution >= 4 is 54.1 Å². The van der Waals surface area contributed by atoms with E-state index in [1.165, 1.54) is 65.3 Å². The average Bonchev–Trinajstić information content (AvgIpc) is 3.38. The summed E-state index contributed by atoms with van der Waals surface area (Å²) in [6.45, 7) is 0. The first-order valence-corrected chi connectivity index (χ1v) is 13.9. The second-order valence-corrected chi connectivity index (χ2v) is 10.7. The molecule has 41 heavy (non-hydrogen) atoms. The molecule has 0 unspecified atom stereocenters. The number of rotatable bonds is 3. The van der Waals surface area contributed by atoms with Crippen LogP contribution in [0.25, 0.3) is 82.1 Å². The lowest BCUT2D eigenvalue weighted by atomic mass is 9.86. The third kappa shape index (κ3) is 3.20. The Kier molecular flexibility index (Phi) is 4.61. The zero-order valence-corrected chi connectivity index (χ0v) is 22.1. The van der Waals surface area contributed by atoms with Gasteiger partial charge in [-0.2, -0.15) is 0 Å². The molecule has 0 aliphatic heterocycles. The molecule has 0 N–H and O–H groups in total. The highest BCUT2D eigenvalue weighted by atomic mass is 15.0. The fraction of sp³-hybridized carbons (Fsp3) is 0. The molecular formula is C38H23N3. The average molecular weight is 522 g/mol. The molecule has 0 saturated heterocycles. The lowest BCUT2D eigenvalue weighted by molar-refractivity contribution is 1.17. The van der Waals surface area contributed by atoms with Gasteiger partial charge in [-0.3, -0.25) is 0 Å². The molecule has 9 aromatic rings. The van der Waals surface area contributed by atoms with Gasteiger partial charge in [0, 0.05) is 34.4 Å². The van der Waals surface area contributed by atoms with Gasteiger partial charge >= 0.3 is 0 Å². The first-order chi connectivity index (χ1) is 20.3. The van der Waals surface area contributed by atoms with Crippen LogP contribution in [0.3, 0.4) is 0 Å². The van der Waals surface area contributed by atoms with Crippen LogP contribution in [0.15, 0.2) is 140 Å². The number of nitrogens with zero attached hydrogens (tertiary/aromatic N) is 3. The van der Waals surface area contributed by atoms with E-state index in [2.05, 4.69) is 136 Å². The van der Waals surface area contributed by atoms with Crippen LogP contribution in [0.1, 0.15) is 0 Å². The molecular weight excluding hydrogens is 498 g/mol. The maximum Gasteiger partial charge on any atom is 0.115 e. The van der Waals surface area contributed by atoms with Crippen molar-refractivity contribution in [3.05, 3.63) is 140 Å². The summed E-state index contributed by atoms with van der Waals surface area (Å²) in [5.41, 5.74) is 8.16. The molecule has 0 saturated carbocycles. The Morgan fingerprint density at radius 1 is 0.439 bits per heavy atom. The highest BCUT2D eigenvalue weighted by molar-refractivity contribution is 6.28. The molecule has 0 bridgehead atoms. The van der Waals surface area contributed by atoms with Crippen molar-refractivity contribution in [2.45, 2.75) is 0 Å². The van der Waals surface area contributed by atoms with Gasteiger partial charge in [-0.25, -0.2) is 9.97 Å². The van der Waals surface area contributed by atoms with E-state index in [9.17, 15) is 0 Å². The van der Waals surface area contributed by atoms with Gasteiger partial charge in [-0.05, 0) is 79.3 Å². The predicted molar refractivity (Wildman–Crippen MR) is 171 cm³/mol. The first kappa shape index (κ1) is 22.3. The molecule has 9 rings (SSSR count). The maximum atomic E-state index is 4.35. The summed E-state index contributed by atoms with van der Waals surface area (Å²) in [5, 5.41) is 10.2. The fourth-order valence-corrected chi connectivity index (χ4v) is 6.74. The number of hydrogen-bond acceptors (Lipinski definition) is 2. The van der Waals surface area contributed by atoms with Gasteiger partial charge in [-0.1, -0.05) is 91.0 Å². The summed E-state index contributed by atoms with van der Waals surface area (Å²) in [4.78, 5) is 8.70. The Morgan fingerprint density at radius 3 is 1.66 bits per heavy atom. The molecule has 0 amide bonds. The first-order valence-electron chi connectivity index (χ1n) is 13.9. The van der Waals surface area contributed by atoms with Gasteiger partial charge in [0.2, 0.25) is 0 Å². The molecule has 0 atom stereocenters. The molecule has 3 heteroatoms. The van der Waals surface area contributed by atoms with Crippen molar-refractivity contribution < 1.29 is 0 Å². The molecule has 0 spiro atoms. The summed E-state index contributed by atoms with van der Waals surface area (Å²) in [5.74, 6) is 0. The molecule has 2 aromatic heterocycles. The maximum absolute atomic E-state index is 4.35. The van der Waals surface area contributed by atoms with Crippen LogP contribution in [-0.2, 0) is 0 Å². The highest BCUT2D eigenvalue weighted by Gasteiger charge is 2.17. The van der Waals surface area contributed by atoms with Gasteiger partial charge in [0.05, 0.1) is 11.0 Å². The second kappa shape index (κ2) is 8.48. The van der Waals surface area contributed by atoms with Crippen LogP contribution < -0.4 is 0 Å². The summed E-state index contributed by atoms with van der Waals surface area (Å²) >= 11 is 0. The van der Waals surface area contributed by atoms with E-state index in [-0.39, 0.29) is 0 Å². The van der Waals surface area contributed by atoms with Crippen molar-refractivity contribution in [3.8, 4) is 27.9 Å². The van der Waals surface area contributed by atoms with Crippen LogP contribution in [-0.4, -0.2) is 14.5 Å². The lowest BCUT2D eigenvalue weighted by Gasteiger charge is -2.18. The quantitative estimate of drug-likeness (QED) is 0.217. The largest absolute Gasteiger partial charge is 0.309 e. The van der Waals surface area contributed by atoms with Crippen molar-refractivity contribution in [3.63, 3.8) is 0 Å². The Balaban J connectivity index is 1.31. The lowest BCUT2D eigenvalue weighted by Crippen LogP contribution is -1.94. The number of para-hydroxylation sites is 2. The van der Waals surface area contributed by atoms with Crippen LogP contribution in [0.5, 0.6) is 0 Å². The molecule has 0 radical (unpaired) electrons. The molecule has 190 valence electrons. The van der Waals surface area contributed by atoms with Gasteiger partial charge in [0.15, 0.2) is 0 Å². The Bertz CT molecular complexity index is 2330. The van der Waals surface area contributed by atoms with Crippen molar-refractivity contribution in [1.29, 1.82) is 0 Å². The van der Waals surface area contributed by atoms with Crippen LogP contribution in [0.2, 0.25) is 0 Å². The molecule has 3 nitrogen and oxygen atoms in total. The van der Waals surface area contributed by atoms with Gasteiger partial charge in [-0.15, -0.1) is 0 Å². The smallest absolute Gasteiger partial charge is 0.115 e. The molecule has 0 aliphatic rings. The Morgan fingerprint density at radius 2 is 1.02 bits per heavy atom. The van der Waals surface area contributed by atoms with Gasteiger partial charge < -0.3 is 4.57 Å². The minimum absolute atomic E-state index is 1.02. The Labute approximate surface area is 236 Å². The van der Waals surface area contributed by atoms with Crippen molar-refractivity contribution in [1.82, 2.24) is 14.5 Å². The van der Waals surface area contributed by atoms with E-state index in [4.69, 9.17) is 0 Å². The minimum atomic E-state index is 1.02. The summed E-state index contributed by atoms with van der Waals surface area (Å²) in [6.07, 6.45) is 5.41. The summed E-state index contributed by atoms with van der Waals surface area (Å²) in [6, 6.07) is 44.2. The fourth-order valence-electron chi connectivity index (χ4n) is 6.74. The van der Waals surface area contributed by atoms with Crippen molar-refractivity contribution in [2.75, 3.05) is 0 Å². The van der Waals surface area contributed by atoms with E-state index < -0.39 is 0 Å². The number of fused-ring (bicyclic) bond motifs is 3. The highest BCUT2D eigenvalue weighted by Crippen LogP contribution is 2.44. The van der Waals surface area contributed by atoms with Crippen LogP contribution >= 0.6 is 0 Å². The molecule has 2 heterocycles. The third-order valence-corrected chi connectivity index (χ3v) is 8.53. The normalized spacial score (nSPS) is 11.9. The van der Waals surface area contributed by atoms with Crippen LogP contribution in [0.4, 0.5) is 0 Å². The number of benzene rings is 7. The SMILES string of the molecule is c1cc2ccc3c(-c4ccc(-n5c6ccccc6c6ccccc65)cc4)cc(-c4cncnc4)c4ccc(c1)c2c34. The topological polar surface area (TPSA) is 30.7 Å². The monoisotopic (exact) mass is 521 g/mol. The zero-order valence-electron chi connectivity index (χ0n) is 22.1. The van der Waals surface area contributed by atoms with Crippen LogP contribution in [0, 0.1) is 0 Å². The van der Waals surface area contributed by atoms with Gasteiger partial charge in [0.25, 0.3) is 0 Å². The predicted octanol–water partition coefficient (Wildman–Crippen LogP) is 9.81. The molecule has 7 aromatic carbocycles. The second-order valence-electron chi connectivity index (χ2n) is 10.7. The van der Waals surface area contributed by atoms with Crippen molar-refractivity contribution in [2.24, 2.45) is 0 Å². The van der Waals surface area contributed by atoms with Gasteiger partial charge in [0.1, 0.15) is 6.33 Å². The third-order valence-electron chi connectivity index (χ3n) is 8.53. The number of aromatic nitrogens is 3. The Hall–Kier alpha value is -5.54. The van der Waals surface area contributed by atoms with E-state index in [0.717, 1.165) is 16.8 Å². The minimum Gasteiger partial charge on any atom is -0.309 e. The zero-order chi connectivity index (χ0) is 26.9.